The van der Waals surface area contributed by atoms with E-state index in [4.69, 9.17) is 0 Å². The number of carbonyl (C=O) groups excluding carboxylic acids is 1. The highest BCUT2D eigenvalue weighted by Crippen LogP contribution is 2.16. The Bertz CT molecular complexity index is 681. The Kier molecular flexibility index (Phi) is 3.09. The van der Waals surface area contributed by atoms with E-state index in [9.17, 15) is 13.2 Å². The molecule has 0 aliphatic carbocycles. The van der Waals surface area contributed by atoms with Crippen molar-refractivity contribution in [1.29, 1.82) is 0 Å². The van der Waals surface area contributed by atoms with Gasteiger partial charge in [0.25, 0.3) is 10.0 Å². The molecule has 1 aromatic heterocycles. The molecule has 2 rings (SSSR count). The Morgan fingerprint density at radius 2 is 1.72 bits per heavy atom. The number of aromatic nitrogens is 1. The number of aryl methyl sites for hydroxylation is 1. The summed E-state index contributed by atoms with van der Waals surface area (Å²) < 4.78 is 25.5. The van der Waals surface area contributed by atoms with Crippen LogP contribution in [-0.4, -0.2) is 18.2 Å². The number of Topliss-reactive ketones (excluding diaryl/α,β-unsaturated/α-hetero) is 1. The smallest absolute Gasteiger partial charge is 0.267 e. The van der Waals surface area contributed by atoms with E-state index in [1.165, 1.54) is 25.4 Å². The maximum Gasteiger partial charge on any atom is 0.267 e. The number of hydrogen-bond donors (Lipinski definition) is 0. The highest BCUT2D eigenvalue weighted by Gasteiger charge is 2.17. The van der Waals surface area contributed by atoms with Crippen LogP contribution in [0.4, 0.5) is 0 Å². The van der Waals surface area contributed by atoms with E-state index in [-0.39, 0.29) is 10.7 Å². The fourth-order valence-electron chi connectivity index (χ4n) is 1.57. The van der Waals surface area contributed by atoms with Gasteiger partial charge in [-0.3, -0.25) is 4.79 Å². The van der Waals surface area contributed by atoms with Crippen LogP contribution in [0, 0.1) is 6.92 Å². The maximum absolute atomic E-state index is 12.2. The molecular formula is C13H13NO3S. The molecule has 0 aliphatic heterocycles. The van der Waals surface area contributed by atoms with Crippen molar-refractivity contribution in [3.05, 3.63) is 53.9 Å². The molecule has 0 fully saturated rings. The number of nitrogens with zero attached hydrogens (tertiary/aromatic N) is 1. The minimum Gasteiger partial charge on any atom is -0.294 e. The zero-order valence-electron chi connectivity index (χ0n) is 10.1. The second-order valence-corrected chi connectivity index (χ2v) is 5.95. The molecule has 5 heteroatoms. The molecule has 0 atom stereocenters. The van der Waals surface area contributed by atoms with E-state index in [0.29, 0.717) is 5.56 Å². The lowest BCUT2D eigenvalue weighted by Crippen LogP contribution is -2.11. The van der Waals surface area contributed by atoms with Crippen LogP contribution in [0.5, 0.6) is 0 Å². The molecule has 0 N–H and O–H groups in total. The fraction of sp³-hybridized carbons (Fsp3) is 0.154. The maximum atomic E-state index is 12.2. The van der Waals surface area contributed by atoms with Crippen LogP contribution in [0.2, 0.25) is 0 Å². The lowest BCUT2D eigenvalue weighted by atomic mass is 10.2. The molecule has 0 unspecified atom stereocenters. The molecule has 94 valence electrons. The highest BCUT2D eigenvalue weighted by molar-refractivity contribution is 7.90. The summed E-state index contributed by atoms with van der Waals surface area (Å²) in [5, 5.41) is 0. The lowest BCUT2D eigenvalue weighted by Gasteiger charge is -2.05. The SMILES string of the molecule is CC(=O)c1ccn(S(=O)(=O)c2ccc(C)cc2)c1. The molecule has 0 aliphatic rings. The van der Waals surface area contributed by atoms with Gasteiger partial charge in [-0.15, -0.1) is 0 Å². The molecular weight excluding hydrogens is 250 g/mol. The van der Waals surface area contributed by atoms with Gasteiger partial charge in [-0.2, -0.15) is 0 Å². The van der Waals surface area contributed by atoms with Gasteiger partial charge in [-0.1, -0.05) is 17.7 Å². The summed E-state index contributed by atoms with van der Waals surface area (Å²) in [5.74, 6) is -0.159. The van der Waals surface area contributed by atoms with Gasteiger partial charge in [-0.05, 0) is 32.0 Å². The summed E-state index contributed by atoms with van der Waals surface area (Å²) >= 11 is 0. The number of carbonyl (C=O) groups is 1. The summed E-state index contributed by atoms with van der Waals surface area (Å²) in [7, 11) is -3.60. The fourth-order valence-corrected chi connectivity index (χ4v) is 2.76. The van der Waals surface area contributed by atoms with Gasteiger partial charge in [0.05, 0.1) is 4.90 Å². The van der Waals surface area contributed by atoms with Crippen molar-refractivity contribution in [1.82, 2.24) is 3.97 Å². The summed E-state index contributed by atoms with van der Waals surface area (Å²) in [6.07, 6.45) is 2.71. The summed E-state index contributed by atoms with van der Waals surface area (Å²) in [6, 6.07) is 8.08. The molecule has 2 aromatic rings. The van der Waals surface area contributed by atoms with Crippen molar-refractivity contribution in [2.75, 3.05) is 0 Å². The minimum absolute atomic E-state index is 0.159. The first-order valence-corrected chi connectivity index (χ1v) is 6.86. The average molecular weight is 263 g/mol. The van der Waals surface area contributed by atoms with Gasteiger partial charge in [0.1, 0.15) is 0 Å². The van der Waals surface area contributed by atoms with E-state index in [1.807, 2.05) is 6.92 Å². The summed E-state index contributed by atoms with van der Waals surface area (Å²) in [5.41, 5.74) is 1.37. The Balaban J connectivity index is 2.47. The average Bonchev–Trinajstić information content (AvgIpc) is 2.79. The van der Waals surface area contributed by atoms with Crippen LogP contribution in [0.3, 0.4) is 0 Å². The van der Waals surface area contributed by atoms with E-state index >= 15 is 0 Å². The van der Waals surface area contributed by atoms with Crippen molar-refractivity contribution in [3.63, 3.8) is 0 Å². The first-order chi connectivity index (χ1) is 8.41. The Labute approximate surface area is 106 Å². The van der Waals surface area contributed by atoms with Gasteiger partial charge in [0, 0.05) is 18.0 Å². The number of ketones is 1. The van der Waals surface area contributed by atoms with E-state index < -0.39 is 10.0 Å². The molecule has 4 nitrogen and oxygen atoms in total. The third kappa shape index (κ3) is 2.22. The first kappa shape index (κ1) is 12.6. The number of rotatable bonds is 3. The normalized spacial score (nSPS) is 11.4. The molecule has 0 bridgehead atoms. The van der Waals surface area contributed by atoms with Gasteiger partial charge >= 0.3 is 0 Å². The Hall–Kier alpha value is -1.88. The second kappa shape index (κ2) is 4.42. The van der Waals surface area contributed by atoms with Gasteiger partial charge in [0.15, 0.2) is 5.78 Å². The lowest BCUT2D eigenvalue weighted by molar-refractivity contribution is 0.101. The molecule has 18 heavy (non-hydrogen) atoms. The van der Waals surface area contributed by atoms with Crippen molar-refractivity contribution in [2.45, 2.75) is 18.7 Å². The van der Waals surface area contributed by atoms with Crippen molar-refractivity contribution >= 4 is 15.8 Å². The Morgan fingerprint density at radius 3 is 2.22 bits per heavy atom. The molecule has 0 spiro atoms. The van der Waals surface area contributed by atoms with Gasteiger partial charge in [0.2, 0.25) is 0 Å². The van der Waals surface area contributed by atoms with Crippen LogP contribution in [0.1, 0.15) is 22.8 Å². The second-order valence-electron chi connectivity index (χ2n) is 4.10. The standard InChI is InChI=1S/C13H13NO3S/c1-10-3-5-13(6-4-10)18(16,17)14-8-7-12(9-14)11(2)15/h3-9H,1-2H3. The molecule has 1 aromatic carbocycles. The van der Waals surface area contributed by atoms with Crippen LogP contribution < -0.4 is 0 Å². The van der Waals surface area contributed by atoms with E-state index in [1.54, 1.807) is 24.3 Å². The molecule has 1 heterocycles. The first-order valence-electron chi connectivity index (χ1n) is 5.42. The predicted molar refractivity (Wildman–Crippen MR) is 68.2 cm³/mol. The zero-order valence-corrected chi connectivity index (χ0v) is 10.9. The predicted octanol–water partition coefficient (Wildman–Crippen LogP) is 2.24. The molecule has 0 saturated heterocycles. The van der Waals surface area contributed by atoms with Crippen LogP contribution in [-0.2, 0) is 10.0 Å². The number of benzene rings is 1. The van der Waals surface area contributed by atoms with Crippen LogP contribution in [0.25, 0.3) is 0 Å². The zero-order chi connectivity index (χ0) is 13.3. The van der Waals surface area contributed by atoms with Gasteiger partial charge in [-0.25, -0.2) is 12.4 Å². The molecule has 0 radical (unpaired) electrons. The van der Waals surface area contributed by atoms with E-state index in [2.05, 4.69) is 0 Å². The minimum atomic E-state index is -3.60. The van der Waals surface area contributed by atoms with Gasteiger partial charge < -0.3 is 0 Å². The highest BCUT2D eigenvalue weighted by atomic mass is 32.2. The Morgan fingerprint density at radius 1 is 1.11 bits per heavy atom. The van der Waals surface area contributed by atoms with Crippen molar-refractivity contribution < 1.29 is 13.2 Å². The van der Waals surface area contributed by atoms with Crippen LogP contribution in [0.15, 0.2) is 47.6 Å². The topological polar surface area (TPSA) is 56.1 Å². The summed E-state index contributed by atoms with van der Waals surface area (Å²) in [6.45, 7) is 3.29. The van der Waals surface area contributed by atoms with Crippen molar-refractivity contribution in [2.24, 2.45) is 0 Å². The monoisotopic (exact) mass is 263 g/mol. The summed E-state index contributed by atoms with van der Waals surface area (Å²) in [4.78, 5) is 11.4. The number of hydrogen-bond acceptors (Lipinski definition) is 3. The van der Waals surface area contributed by atoms with Crippen LogP contribution >= 0.6 is 0 Å². The largest absolute Gasteiger partial charge is 0.294 e. The quantitative estimate of drug-likeness (QED) is 0.798. The third-order valence-corrected chi connectivity index (χ3v) is 4.32. The van der Waals surface area contributed by atoms with E-state index in [0.717, 1.165) is 9.54 Å². The third-order valence-electron chi connectivity index (χ3n) is 2.67. The molecule has 0 amide bonds. The molecule has 0 saturated carbocycles. The van der Waals surface area contributed by atoms with Crippen molar-refractivity contribution in [3.8, 4) is 0 Å².